The lowest BCUT2D eigenvalue weighted by atomic mass is 10.4. The van der Waals surface area contributed by atoms with Crippen molar-refractivity contribution in [2.75, 3.05) is 6.26 Å². The number of hydrogen-bond acceptors (Lipinski definition) is 4. The number of rotatable bonds is 2. The van der Waals surface area contributed by atoms with Crippen LogP contribution in [0.5, 0.6) is 0 Å². The monoisotopic (exact) mass is 199 g/mol. The van der Waals surface area contributed by atoms with E-state index in [1.165, 1.54) is 17.1 Å². The zero-order valence-electron chi connectivity index (χ0n) is 7.30. The van der Waals surface area contributed by atoms with E-state index in [-0.39, 0.29) is 4.90 Å². The number of nitriles is 1. The molecule has 1 rings (SSSR count). The molecule has 1 heterocycles. The smallest absolute Gasteiger partial charge is 0.178 e. The standard InChI is InChI=1S/C7H9N3O2S/c1-6(3-8)10-5-7(4-9-10)13(2,11)12/h4-6H,1-2H3. The lowest BCUT2D eigenvalue weighted by Gasteiger charge is -1.99. The van der Waals surface area contributed by atoms with Crippen molar-refractivity contribution >= 4 is 9.84 Å². The minimum absolute atomic E-state index is 0.134. The summed E-state index contributed by atoms with van der Waals surface area (Å²) in [7, 11) is -3.22. The highest BCUT2D eigenvalue weighted by molar-refractivity contribution is 7.90. The Morgan fingerprint density at radius 3 is 2.69 bits per heavy atom. The highest BCUT2D eigenvalue weighted by atomic mass is 32.2. The van der Waals surface area contributed by atoms with Gasteiger partial charge in [0.2, 0.25) is 0 Å². The quantitative estimate of drug-likeness (QED) is 0.689. The fraction of sp³-hybridized carbons (Fsp3) is 0.429. The third kappa shape index (κ3) is 2.06. The minimum Gasteiger partial charge on any atom is -0.254 e. The first-order valence-electron chi connectivity index (χ1n) is 3.59. The summed E-state index contributed by atoms with van der Waals surface area (Å²) in [4.78, 5) is 0.134. The van der Waals surface area contributed by atoms with Crippen LogP contribution >= 0.6 is 0 Å². The molecule has 70 valence electrons. The van der Waals surface area contributed by atoms with Gasteiger partial charge in [-0.05, 0) is 6.92 Å². The molecule has 0 radical (unpaired) electrons. The van der Waals surface area contributed by atoms with Gasteiger partial charge in [0.25, 0.3) is 0 Å². The van der Waals surface area contributed by atoms with Crippen molar-refractivity contribution in [2.24, 2.45) is 0 Å². The van der Waals surface area contributed by atoms with Gasteiger partial charge in [-0.15, -0.1) is 0 Å². The number of sulfone groups is 1. The van der Waals surface area contributed by atoms with Crippen LogP contribution in [-0.4, -0.2) is 24.5 Å². The summed E-state index contributed by atoms with van der Waals surface area (Å²) in [5.41, 5.74) is 0. The summed E-state index contributed by atoms with van der Waals surface area (Å²) >= 11 is 0. The molecule has 1 unspecified atom stereocenters. The van der Waals surface area contributed by atoms with Crippen molar-refractivity contribution in [3.05, 3.63) is 12.4 Å². The maximum atomic E-state index is 11.0. The van der Waals surface area contributed by atoms with Crippen molar-refractivity contribution in [1.29, 1.82) is 5.26 Å². The van der Waals surface area contributed by atoms with E-state index in [2.05, 4.69) is 5.10 Å². The Kier molecular flexibility index (Phi) is 2.38. The van der Waals surface area contributed by atoms with Crippen molar-refractivity contribution in [2.45, 2.75) is 17.9 Å². The van der Waals surface area contributed by atoms with Gasteiger partial charge in [0.05, 0.1) is 12.3 Å². The topological polar surface area (TPSA) is 75.8 Å². The normalized spacial score (nSPS) is 13.6. The largest absolute Gasteiger partial charge is 0.254 e. The maximum absolute atomic E-state index is 11.0. The molecular weight excluding hydrogens is 190 g/mol. The van der Waals surface area contributed by atoms with Gasteiger partial charge in [-0.2, -0.15) is 10.4 Å². The van der Waals surface area contributed by atoms with Gasteiger partial charge in [0, 0.05) is 12.5 Å². The Balaban J connectivity index is 3.09. The molecule has 0 fully saturated rings. The van der Waals surface area contributed by atoms with Gasteiger partial charge < -0.3 is 0 Å². The van der Waals surface area contributed by atoms with E-state index in [0.29, 0.717) is 0 Å². The fourth-order valence-electron chi connectivity index (χ4n) is 0.783. The van der Waals surface area contributed by atoms with Gasteiger partial charge >= 0.3 is 0 Å². The van der Waals surface area contributed by atoms with E-state index in [1.807, 2.05) is 6.07 Å². The van der Waals surface area contributed by atoms with Crippen LogP contribution < -0.4 is 0 Å². The number of aromatic nitrogens is 2. The Labute approximate surface area is 76.5 Å². The van der Waals surface area contributed by atoms with Crippen LogP contribution in [0.25, 0.3) is 0 Å². The Hall–Kier alpha value is -1.35. The molecule has 0 spiro atoms. The molecule has 0 aromatic carbocycles. The second-order valence-electron chi connectivity index (χ2n) is 2.73. The molecule has 0 N–H and O–H groups in total. The van der Waals surface area contributed by atoms with Gasteiger partial charge in [0.15, 0.2) is 9.84 Å². The first kappa shape index (κ1) is 9.74. The Bertz CT molecular complexity index is 441. The predicted octanol–water partition coefficient (Wildman–Crippen LogP) is 0.371. The number of hydrogen-bond donors (Lipinski definition) is 0. The minimum atomic E-state index is -3.22. The molecule has 0 aliphatic rings. The van der Waals surface area contributed by atoms with E-state index in [4.69, 9.17) is 5.26 Å². The highest BCUT2D eigenvalue weighted by Crippen LogP contribution is 2.10. The van der Waals surface area contributed by atoms with Crippen LogP contribution in [0.2, 0.25) is 0 Å². The molecule has 0 aliphatic carbocycles. The van der Waals surface area contributed by atoms with Crippen LogP contribution in [0.1, 0.15) is 13.0 Å². The average molecular weight is 199 g/mol. The summed E-state index contributed by atoms with van der Waals surface area (Å²) in [6.07, 6.45) is 3.69. The van der Waals surface area contributed by atoms with E-state index >= 15 is 0 Å². The van der Waals surface area contributed by atoms with Crippen molar-refractivity contribution in [1.82, 2.24) is 9.78 Å². The molecule has 0 saturated carbocycles. The van der Waals surface area contributed by atoms with Crippen LogP contribution in [-0.2, 0) is 9.84 Å². The zero-order valence-corrected chi connectivity index (χ0v) is 8.11. The fourth-order valence-corrected chi connectivity index (χ4v) is 1.32. The summed E-state index contributed by atoms with van der Waals surface area (Å²) < 4.78 is 23.4. The average Bonchev–Trinajstić information content (AvgIpc) is 2.50. The molecule has 0 saturated heterocycles. The molecule has 0 aliphatic heterocycles. The molecule has 1 aromatic heterocycles. The second kappa shape index (κ2) is 3.18. The summed E-state index contributed by atoms with van der Waals surface area (Å²) in [6, 6.07) is 1.50. The van der Waals surface area contributed by atoms with Crippen LogP contribution in [0.4, 0.5) is 0 Å². The lowest BCUT2D eigenvalue weighted by molar-refractivity contribution is 0.587. The van der Waals surface area contributed by atoms with Crippen LogP contribution in [0.15, 0.2) is 17.3 Å². The molecule has 5 nitrogen and oxygen atoms in total. The van der Waals surface area contributed by atoms with Gasteiger partial charge in [-0.25, -0.2) is 8.42 Å². The Morgan fingerprint density at radius 2 is 2.31 bits per heavy atom. The van der Waals surface area contributed by atoms with Gasteiger partial charge in [0.1, 0.15) is 10.9 Å². The third-order valence-electron chi connectivity index (χ3n) is 1.59. The molecule has 1 atom stereocenters. The van der Waals surface area contributed by atoms with E-state index in [0.717, 1.165) is 6.26 Å². The molecule has 6 heteroatoms. The van der Waals surface area contributed by atoms with Crippen LogP contribution in [0, 0.1) is 11.3 Å². The Morgan fingerprint density at radius 1 is 1.69 bits per heavy atom. The first-order valence-corrected chi connectivity index (χ1v) is 5.48. The third-order valence-corrected chi connectivity index (χ3v) is 2.66. The summed E-state index contributed by atoms with van der Waals surface area (Å²) in [5.74, 6) is 0. The van der Waals surface area contributed by atoms with Crippen molar-refractivity contribution < 1.29 is 8.42 Å². The summed E-state index contributed by atoms with van der Waals surface area (Å²) in [6.45, 7) is 1.64. The number of nitrogens with zero attached hydrogens (tertiary/aromatic N) is 3. The molecular formula is C7H9N3O2S. The van der Waals surface area contributed by atoms with Crippen LogP contribution in [0.3, 0.4) is 0 Å². The molecule has 13 heavy (non-hydrogen) atoms. The molecule has 0 amide bonds. The van der Waals surface area contributed by atoms with Gasteiger partial charge in [-0.3, -0.25) is 4.68 Å². The summed E-state index contributed by atoms with van der Waals surface area (Å²) in [5, 5.41) is 12.3. The highest BCUT2D eigenvalue weighted by Gasteiger charge is 2.12. The molecule has 1 aromatic rings. The van der Waals surface area contributed by atoms with E-state index < -0.39 is 15.9 Å². The van der Waals surface area contributed by atoms with Gasteiger partial charge in [-0.1, -0.05) is 0 Å². The zero-order chi connectivity index (χ0) is 10.1. The van der Waals surface area contributed by atoms with E-state index in [1.54, 1.807) is 6.92 Å². The maximum Gasteiger partial charge on any atom is 0.178 e. The SMILES string of the molecule is CC(C#N)n1cc(S(C)(=O)=O)cn1. The first-order chi connectivity index (χ1) is 5.95. The van der Waals surface area contributed by atoms with Crippen molar-refractivity contribution in [3.8, 4) is 6.07 Å². The van der Waals surface area contributed by atoms with E-state index in [9.17, 15) is 8.42 Å². The second-order valence-corrected chi connectivity index (χ2v) is 4.75. The molecule has 0 bridgehead atoms. The predicted molar refractivity (Wildman–Crippen MR) is 45.7 cm³/mol. The van der Waals surface area contributed by atoms with Crippen molar-refractivity contribution in [3.63, 3.8) is 0 Å². The lowest BCUT2D eigenvalue weighted by Crippen LogP contribution is -2.02.